The molecule has 2 aromatic rings. The number of hydrogen-bond donors (Lipinski definition) is 1. The Bertz CT molecular complexity index is 665. The second-order valence-electron chi connectivity index (χ2n) is 5.50. The van der Waals surface area contributed by atoms with E-state index in [1.807, 2.05) is 29.8 Å². The lowest BCUT2D eigenvalue weighted by Crippen LogP contribution is -2.27. The van der Waals surface area contributed by atoms with Crippen LogP contribution in [0.25, 0.3) is 11.0 Å². The van der Waals surface area contributed by atoms with E-state index in [9.17, 15) is 9.90 Å². The third-order valence-corrected chi connectivity index (χ3v) is 4.53. The highest BCUT2D eigenvalue weighted by molar-refractivity contribution is 6.31. The van der Waals surface area contributed by atoms with Gasteiger partial charge in [-0.05, 0) is 31.0 Å². The molecule has 106 valence electrons. The Morgan fingerprint density at radius 3 is 2.90 bits per heavy atom. The lowest BCUT2D eigenvalue weighted by atomic mass is 9.79. The van der Waals surface area contributed by atoms with Crippen LogP contribution in [0.4, 0.5) is 0 Å². The minimum Gasteiger partial charge on any atom is -0.481 e. The van der Waals surface area contributed by atoms with Gasteiger partial charge in [0, 0.05) is 18.0 Å². The van der Waals surface area contributed by atoms with Gasteiger partial charge in [0.25, 0.3) is 0 Å². The lowest BCUT2D eigenvalue weighted by molar-refractivity contribution is -0.143. The highest BCUT2D eigenvalue weighted by Crippen LogP contribution is 2.38. The van der Waals surface area contributed by atoms with Crippen LogP contribution in [0.2, 0.25) is 5.02 Å². The van der Waals surface area contributed by atoms with Gasteiger partial charge in [-0.15, -0.1) is 0 Å². The van der Waals surface area contributed by atoms with Crippen molar-refractivity contribution in [1.82, 2.24) is 9.55 Å². The molecule has 1 N–H and O–H groups in total. The standard InChI is InChI=1S/C15H17ClN2O2/c1-18-13-7-6-9(16)8-12(13)17-14(18)10-4-2-3-5-11(10)15(19)20/h6-8,10-11H,2-5H2,1H3,(H,19,20). The molecular formula is C15H17ClN2O2. The SMILES string of the molecule is Cn1c(C2CCCCC2C(=O)O)nc2cc(Cl)ccc21. The van der Waals surface area contributed by atoms with Gasteiger partial charge in [0.05, 0.1) is 17.0 Å². The Kier molecular flexibility index (Phi) is 3.42. The number of carbonyl (C=O) groups is 1. The van der Waals surface area contributed by atoms with Crippen LogP contribution in [-0.2, 0) is 11.8 Å². The normalized spacial score (nSPS) is 23.1. The zero-order valence-electron chi connectivity index (χ0n) is 11.3. The molecule has 0 aliphatic heterocycles. The van der Waals surface area contributed by atoms with Crippen LogP contribution in [0.1, 0.15) is 37.4 Å². The van der Waals surface area contributed by atoms with E-state index in [0.717, 1.165) is 42.5 Å². The maximum atomic E-state index is 11.5. The number of aryl methyl sites for hydroxylation is 1. The van der Waals surface area contributed by atoms with Gasteiger partial charge in [0.1, 0.15) is 5.82 Å². The Balaban J connectivity index is 2.08. The summed E-state index contributed by atoms with van der Waals surface area (Å²) in [6.07, 6.45) is 3.69. The number of benzene rings is 1. The zero-order chi connectivity index (χ0) is 14.3. The molecule has 1 fully saturated rings. The number of hydrogen-bond acceptors (Lipinski definition) is 2. The molecule has 4 nitrogen and oxygen atoms in total. The van der Waals surface area contributed by atoms with Crippen molar-refractivity contribution in [2.45, 2.75) is 31.6 Å². The van der Waals surface area contributed by atoms with Crippen LogP contribution in [0.15, 0.2) is 18.2 Å². The number of aliphatic carboxylic acids is 1. The first-order valence-electron chi connectivity index (χ1n) is 6.92. The molecule has 1 aromatic carbocycles. The summed E-state index contributed by atoms with van der Waals surface area (Å²) in [5, 5.41) is 10.1. The van der Waals surface area contributed by atoms with Crippen LogP contribution in [0, 0.1) is 5.92 Å². The van der Waals surface area contributed by atoms with Gasteiger partial charge in [-0.3, -0.25) is 4.79 Å². The number of nitrogens with zero attached hydrogens (tertiary/aromatic N) is 2. The first kappa shape index (κ1) is 13.4. The van der Waals surface area contributed by atoms with E-state index in [0.29, 0.717) is 5.02 Å². The zero-order valence-corrected chi connectivity index (χ0v) is 12.1. The predicted molar refractivity (Wildman–Crippen MR) is 78.1 cm³/mol. The van der Waals surface area contributed by atoms with Gasteiger partial charge in [-0.2, -0.15) is 0 Å². The molecule has 1 aliphatic rings. The van der Waals surface area contributed by atoms with Crippen molar-refractivity contribution in [2.75, 3.05) is 0 Å². The van der Waals surface area contributed by atoms with Crippen LogP contribution >= 0.6 is 11.6 Å². The molecule has 0 saturated heterocycles. The molecule has 1 aromatic heterocycles. The van der Waals surface area contributed by atoms with E-state index >= 15 is 0 Å². The van der Waals surface area contributed by atoms with E-state index in [4.69, 9.17) is 11.6 Å². The fourth-order valence-electron chi connectivity index (χ4n) is 3.26. The summed E-state index contributed by atoms with van der Waals surface area (Å²) in [7, 11) is 1.95. The van der Waals surface area contributed by atoms with Gasteiger partial charge in [-0.1, -0.05) is 24.4 Å². The van der Waals surface area contributed by atoms with E-state index in [-0.39, 0.29) is 11.8 Å². The number of halogens is 1. The third kappa shape index (κ3) is 2.18. The number of imidazole rings is 1. The van der Waals surface area contributed by atoms with E-state index < -0.39 is 5.97 Å². The third-order valence-electron chi connectivity index (χ3n) is 4.29. The number of aromatic nitrogens is 2. The van der Waals surface area contributed by atoms with Crippen molar-refractivity contribution < 1.29 is 9.90 Å². The van der Waals surface area contributed by atoms with Crippen LogP contribution in [0.3, 0.4) is 0 Å². The molecule has 0 bridgehead atoms. The summed E-state index contributed by atoms with van der Waals surface area (Å²) in [5.74, 6) is -0.165. The number of rotatable bonds is 2. The summed E-state index contributed by atoms with van der Waals surface area (Å²) in [6, 6.07) is 5.61. The molecule has 1 aliphatic carbocycles. The van der Waals surface area contributed by atoms with Crippen molar-refractivity contribution >= 4 is 28.6 Å². The molecule has 0 amide bonds. The van der Waals surface area contributed by atoms with E-state index in [1.165, 1.54) is 0 Å². The summed E-state index contributed by atoms with van der Waals surface area (Å²) >= 11 is 6.00. The average molecular weight is 293 g/mol. The smallest absolute Gasteiger partial charge is 0.307 e. The largest absolute Gasteiger partial charge is 0.481 e. The highest BCUT2D eigenvalue weighted by atomic mass is 35.5. The Morgan fingerprint density at radius 2 is 2.15 bits per heavy atom. The highest BCUT2D eigenvalue weighted by Gasteiger charge is 2.34. The number of fused-ring (bicyclic) bond motifs is 1. The van der Waals surface area contributed by atoms with Gasteiger partial charge in [-0.25, -0.2) is 4.98 Å². The molecule has 0 radical (unpaired) electrons. The molecule has 2 atom stereocenters. The second-order valence-corrected chi connectivity index (χ2v) is 5.93. The average Bonchev–Trinajstić information content (AvgIpc) is 2.75. The first-order chi connectivity index (χ1) is 9.58. The fourth-order valence-corrected chi connectivity index (χ4v) is 3.43. The van der Waals surface area contributed by atoms with Crippen molar-refractivity contribution in [2.24, 2.45) is 13.0 Å². The first-order valence-corrected chi connectivity index (χ1v) is 7.30. The van der Waals surface area contributed by atoms with Crippen molar-refractivity contribution in [3.63, 3.8) is 0 Å². The molecular weight excluding hydrogens is 276 g/mol. The van der Waals surface area contributed by atoms with Gasteiger partial charge in [0.2, 0.25) is 0 Å². The molecule has 20 heavy (non-hydrogen) atoms. The fraction of sp³-hybridized carbons (Fsp3) is 0.467. The molecule has 3 rings (SSSR count). The maximum Gasteiger partial charge on any atom is 0.307 e. The maximum absolute atomic E-state index is 11.5. The number of carboxylic acid groups (broad SMARTS) is 1. The Hall–Kier alpha value is -1.55. The number of carboxylic acids is 1. The van der Waals surface area contributed by atoms with E-state index in [1.54, 1.807) is 0 Å². The summed E-state index contributed by atoms with van der Waals surface area (Å²) in [4.78, 5) is 16.1. The molecule has 1 heterocycles. The van der Waals surface area contributed by atoms with Crippen LogP contribution < -0.4 is 0 Å². The van der Waals surface area contributed by atoms with Crippen molar-refractivity contribution in [1.29, 1.82) is 0 Å². The van der Waals surface area contributed by atoms with Crippen LogP contribution in [-0.4, -0.2) is 20.6 Å². The topological polar surface area (TPSA) is 55.1 Å². The summed E-state index contributed by atoms with van der Waals surface area (Å²) < 4.78 is 2.01. The molecule has 2 unspecified atom stereocenters. The van der Waals surface area contributed by atoms with E-state index in [2.05, 4.69) is 4.98 Å². The molecule has 0 spiro atoms. The lowest BCUT2D eigenvalue weighted by Gasteiger charge is -2.27. The Labute approximate surface area is 122 Å². The minimum absolute atomic E-state index is 0.00238. The molecule has 1 saturated carbocycles. The van der Waals surface area contributed by atoms with Gasteiger partial charge in [0.15, 0.2) is 0 Å². The summed E-state index contributed by atoms with van der Waals surface area (Å²) in [5.41, 5.74) is 1.84. The minimum atomic E-state index is -0.709. The molecule has 5 heteroatoms. The predicted octanol–water partition coefficient (Wildman–Crippen LogP) is 3.59. The Morgan fingerprint density at radius 1 is 1.40 bits per heavy atom. The summed E-state index contributed by atoms with van der Waals surface area (Å²) in [6.45, 7) is 0. The quantitative estimate of drug-likeness (QED) is 0.920. The van der Waals surface area contributed by atoms with Crippen molar-refractivity contribution in [3.8, 4) is 0 Å². The monoisotopic (exact) mass is 292 g/mol. The van der Waals surface area contributed by atoms with Crippen LogP contribution in [0.5, 0.6) is 0 Å². The van der Waals surface area contributed by atoms with Gasteiger partial charge < -0.3 is 9.67 Å². The van der Waals surface area contributed by atoms with Gasteiger partial charge >= 0.3 is 5.97 Å². The van der Waals surface area contributed by atoms with Crippen molar-refractivity contribution in [3.05, 3.63) is 29.0 Å². The second kappa shape index (κ2) is 5.09.